The number of aromatic nitrogens is 1. The average Bonchev–Trinajstić information content (AvgIpc) is 2.59. The fourth-order valence-electron chi connectivity index (χ4n) is 2.11. The molecule has 3 aromatic rings. The van der Waals surface area contributed by atoms with E-state index in [4.69, 9.17) is 23.2 Å². The fraction of sp³-hybridized carbons (Fsp3) is 0. The number of para-hydroxylation sites is 2. The Morgan fingerprint density at radius 2 is 1.62 bits per heavy atom. The summed E-state index contributed by atoms with van der Waals surface area (Å²) in [5, 5.41) is 6.82. The molecule has 0 atom stereocenters. The third kappa shape index (κ3) is 3.85. The van der Waals surface area contributed by atoms with E-state index in [0.717, 1.165) is 5.69 Å². The van der Waals surface area contributed by atoms with Crippen LogP contribution in [0.4, 0.5) is 17.2 Å². The average molecular weight is 358 g/mol. The van der Waals surface area contributed by atoms with E-state index in [2.05, 4.69) is 15.6 Å². The minimum atomic E-state index is -0.225. The number of carbonyl (C=O) groups excluding carboxylic acids is 1. The number of nitrogens with zero attached hydrogens (tertiary/aromatic N) is 1. The molecule has 1 heterocycles. The van der Waals surface area contributed by atoms with Crippen molar-refractivity contribution in [1.29, 1.82) is 0 Å². The number of nitrogens with one attached hydrogen (secondary N) is 2. The second kappa shape index (κ2) is 7.34. The lowest BCUT2D eigenvalue weighted by molar-refractivity contribution is 0.102. The third-order valence-corrected chi connectivity index (χ3v) is 3.90. The summed E-state index contributed by atoms with van der Waals surface area (Å²) in [6.07, 6.45) is 1.55. The molecule has 1 aromatic heterocycles. The van der Waals surface area contributed by atoms with Gasteiger partial charge in [-0.1, -0.05) is 47.5 Å². The Morgan fingerprint density at radius 1 is 0.917 bits per heavy atom. The summed E-state index contributed by atoms with van der Waals surface area (Å²) >= 11 is 12.3. The summed E-state index contributed by atoms with van der Waals surface area (Å²) in [5.74, 6) is 0.252. The lowest BCUT2D eigenvalue weighted by Gasteiger charge is -2.11. The van der Waals surface area contributed by atoms with E-state index in [1.807, 2.05) is 30.3 Å². The summed E-state index contributed by atoms with van der Waals surface area (Å²) in [4.78, 5) is 16.5. The molecule has 0 aliphatic heterocycles. The van der Waals surface area contributed by atoms with Crippen LogP contribution in [0.2, 0.25) is 10.0 Å². The van der Waals surface area contributed by atoms with Gasteiger partial charge >= 0.3 is 0 Å². The predicted molar refractivity (Wildman–Crippen MR) is 98.4 cm³/mol. The summed E-state index contributed by atoms with van der Waals surface area (Å²) in [5.41, 5.74) is 1.75. The number of benzene rings is 2. The molecule has 0 saturated carbocycles. The molecule has 3 rings (SSSR count). The van der Waals surface area contributed by atoms with Gasteiger partial charge < -0.3 is 10.6 Å². The van der Waals surface area contributed by atoms with Gasteiger partial charge in [0.15, 0.2) is 0 Å². The van der Waals surface area contributed by atoms with Gasteiger partial charge in [0.2, 0.25) is 0 Å². The molecule has 0 unspecified atom stereocenters. The van der Waals surface area contributed by atoms with Crippen LogP contribution in [0.1, 0.15) is 10.4 Å². The molecule has 0 fully saturated rings. The van der Waals surface area contributed by atoms with Crippen molar-refractivity contribution in [3.05, 3.63) is 82.5 Å². The van der Waals surface area contributed by atoms with Gasteiger partial charge in [0.1, 0.15) is 5.82 Å². The zero-order valence-electron chi connectivity index (χ0n) is 12.5. The SMILES string of the molecule is O=C(Nc1ccccc1)c1ccnc(Nc2c(Cl)cccc2Cl)c1. The molecule has 120 valence electrons. The van der Waals surface area contributed by atoms with Crippen molar-refractivity contribution in [1.82, 2.24) is 4.98 Å². The monoisotopic (exact) mass is 357 g/mol. The number of hydrogen-bond donors (Lipinski definition) is 2. The molecule has 0 aliphatic carbocycles. The number of hydrogen-bond acceptors (Lipinski definition) is 3. The first-order chi connectivity index (χ1) is 11.6. The number of carbonyl (C=O) groups is 1. The van der Waals surface area contributed by atoms with E-state index in [1.165, 1.54) is 0 Å². The zero-order chi connectivity index (χ0) is 16.9. The van der Waals surface area contributed by atoms with Gasteiger partial charge in [-0.25, -0.2) is 4.98 Å². The molecule has 0 saturated heterocycles. The lowest BCUT2D eigenvalue weighted by atomic mass is 10.2. The molecule has 0 aliphatic rings. The maximum atomic E-state index is 12.3. The maximum Gasteiger partial charge on any atom is 0.255 e. The van der Waals surface area contributed by atoms with Crippen molar-refractivity contribution >= 4 is 46.3 Å². The standard InChI is InChI=1S/C18H13Cl2N3O/c19-14-7-4-8-15(20)17(14)23-16-11-12(9-10-21-16)18(24)22-13-5-2-1-3-6-13/h1-11H,(H,21,23)(H,22,24). The first-order valence-corrected chi connectivity index (χ1v) is 7.92. The van der Waals surface area contributed by atoms with Gasteiger partial charge in [0.25, 0.3) is 5.91 Å². The molecule has 0 spiro atoms. The van der Waals surface area contributed by atoms with Gasteiger partial charge in [-0.05, 0) is 36.4 Å². The Labute approximate surface area is 149 Å². The maximum absolute atomic E-state index is 12.3. The molecule has 2 aromatic carbocycles. The molecule has 0 bridgehead atoms. The smallest absolute Gasteiger partial charge is 0.255 e. The van der Waals surface area contributed by atoms with Crippen molar-refractivity contribution in [2.45, 2.75) is 0 Å². The van der Waals surface area contributed by atoms with Gasteiger partial charge in [0, 0.05) is 17.4 Å². The fourth-order valence-corrected chi connectivity index (χ4v) is 2.60. The predicted octanol–water partition coefficient (Wildman–Crippen LogP) is 5.38. The van der Waals surface area contributed by atoms with Gasteiger partial charge in [-0.2, -0.15) is 0 Å². The first-order valence-electron chi connectivity index (χ1n) is 7.17. The Kier molecular flexibility index (Phi) is 4.99. The highest BCUT2D eigenvalue weighted by molar-refractivity contribution is 6.39. The Hall–Kier alpha value is -2.56. The van der Waals surface area contributed by atoms with Crippen LogP contribution >= 0.6 is 23.2 Å². The van der Waals surface area contributed by atoms with Crippen molar-refractivity contribution in [2.24, 2.45) is 0 Å². The van der Waals surface area contributed by atoms with Crippen molar-refractivity contribution in [3.8, 4) is 0 Å². The number of rotatable bonds is 4. The van der Waals surface area contributed by atoms with Crippen molar-refractivity contribution in [2.75, 3.05) is 10.6 Å². The van der Waals surface area contributed by atoms with E-state index in [1.54, 1.807) is 36.5 Å². The largest absolute Gasteiger partial charge is 0.338 e. The van der Waals surface area contributed by atoms with E-state index >= 15 is 0 Å². The second-order valence-electron chi connectivity index (χ2n) is 4.97. The van der Waals surface area contributed by atoms with Crippen LogP contribution in [0.3, 0.4) is 0 Å². The van der Waals surface area contributed by atoms with Gasteiger partial charge in [0.05, 0.1) is 15.7 Å². The molecule has 6 heteroatoms. The van der Waals surface area contributed by atoms with Crippen molar-refractivity contribution in [3.63, 3.8) is 0 Å². The van der Waals surface area contributed by atoms with Gasteiger partial charge in [-0.15, -0.1) is 0 Å². The summed E-state index contributed by atoms with van der Waals surface area (Å²) in [7, 11) is 0. The molecule has 24 heavy (non-hydrogen) atoms. The molecule has 2 N–H and O–H groups in total. The Balaban J connectivity index is 1.80. The summed E-state index contributed by atoms with van der Waals surface area (Å²) in [6.45, 7) is 0. The normalized spacial score (nSPS) is 10.2. The highest BCUT2D eigenvalue weighted by atomic mass is 35.5. The van der Waals surface area contributed by atoms with E-state index < -0.39 is 0 Å². The molecule has 4 nitrogen and oxygen atoms in total. The van der Waals surface area contributed by atoms with Crippen molar-refractivity contribution < 1.29 is 4.79 Å². The van der Waals surface area contributed by atoms with E-state index in [9.17, 15) is 4.79 Å². The van der Waals surface area contributed by atoms with Crippen LogP contribution in [0.5, 0.6) is 0 Å². The third-order valence-electron chi connectivity index (χ3n) is 3.27. The summed E-state index contributed by atoms with van der Waals surface area (Å²) in [6, 6.07) is 17.7. The molecule has 0 radical (unpaired) electrons. The van der Waals surface area contributed by atoms with Crippen LogP contribution < -0.4 is 10.6 Å². The van der Waals surface area contributed by atoms with E-state index in [0.29, 0.717) is 27.1 Å². The zero-order valence-corrected chi connectivity index (χ0v) is 14.0. The van der Waals surface area contributed by atoms with Crippen LogP contribution in [0.15, 0.2) is 66.9 Å². The quantitative estimate of drug-likeness (QED) is 0.658. The molecule has 1 amide bonds. The number of amides is 1. The molecular formula is C18H13Cl2N3O. The first kappa shape index (κ1) is 16.3. The van der Waals surface area contributed by atoms with Crippen LogP contribution in [-0.2, 0) is 0 Å². The Bertz CT molecular complexity index is 849. The van der Waals surface area contributed by atoms with Gasteiger partial charge in [-0.3, -0.25) is 4.79 Å². The number of pyridine rings is 1. The minimum Gasteiger partial charge on any atom is -0.338 e. The Morgan fingerprint density at radius 3 is 2.33 bits per heavy atom. The minimum absolute atomic E-state index is 0.225. The summed E-state index contributed by atoms with van der Waals surface area (Å²) < 4.78 is 0. The highest BCUT2D eigenvalue weighted by Gasteiger charge is 2.10. The topological polar surface area (TPSA) is 54.0 Å². The highest BCUT2D eigenvalue weighted by Crippen LogP contribution is 2.32. The number of anilines is 3. The second-order valence-corrected chi connectivity index (χ2v) is 5.79. The van der Waals surface area contributed by atoms with Crippen LogP contribution in [0, 0.1) is 0 Å². The van der Waals surface area contributed by atoms with Crippen LogP contribution in [0.25, 0.3) is 0 Å². The van der Waals surface area contributed by atoms with Crippen LogP contribution in [-0.4, -0.2) is 10.9 Å². The lowest BCUT2D eigenvalue weighted by Crippen LogP contribution is -2.12. The molecular weight excluding hydrogens is 345 g/mol. The number of halogens is 2. The van der Waals surface area contributed by atoms with E-state index in [-0.39, 0.29) is 5.91 Å².